The molecule has 1 aromatic rings. The van der Waals surface area contributed by atoms with E-state index < -0.39 is 5.91 Å². The number of alkyl halides is 1. The Labute approximate surface area is 103 Å². The Morgan fingerprint density at radius 1 is 1.44 bits per heavy atom. The van der Waals surface area contributed by atoms with E-state index in [1.807, 2.05) is 6.92 Å². The fourth-order valence-electron chi connectivity index (χ4n) is 1.23. The molecule has 0 saturated heterocycles. The van der Waals surface area contributed by atoms with Crippen molar-refractivity contribution in [2.45, 2.75) is 13.0 Å². The summed E-state index contributed by atoms with van der Waals surface area (Å²) in [4.78, 5) is 13.4. The largest absolute Gasteiger partial charge is 0.507 e. The van der Waals surface area contributed by atoms with E-state index in [4.69, 9.17) is 0 Å². The number of phenolic OH excluding ortho intramolecular Hbond substituents is 2. The number of aromatic hydroxyl groups is 2. The van der Waals surface area contributed by atoms with Gasteiger partial charge in [0.2, 0.25) is 0 Å². The topological polar surface area (TPSA) is 60.8 Å². The first-order chi connectivity index (χ1) is 7.49. The zero-order chi connectivity index (χ0) is 12.3. The van der Waals surface area contributed by atoms with E-state index in [1.54, 1.807) is 7.05 Å². The molecule has 16 heavy (non-hydrogen) atoms. The summed E-state index contributed by atoms with van der Waals surface area (Å²) in [5.74, 6) is -0.820. The van der Waals surface area contributed by atoms with Gasteiger partial charge in [-0.2, -0.15) is 0 Å². The number of carbonyl (C=O) groups excluding carboxylic acids is 1. The van der Waals surface area contributed by atoms with Gasteiger partial charge in [0.25, 0.3) is 5.91 Å². The highest BCUT2D eigenvalue weighted by atomic mass is 79.9. The van der Waals surface area contributed by atoms with Crippen LogP contribution in [-0.2, 0) is 0 Å². The Hall–Kier alpha value is -1.23. The summed E-state index contributed by atoms with van der Waals surface area (Å²) in [5, 5.41) is 19.7. The highest BCUT2D eigenvalue weighted by molar-refractivity contribution is 9.09. The minimum Gasteiger partial charge on any atom is -0.507 e. The standard InChI is InChI=1S/C11H14BrNO3/c1-7(6-12)13(2)11(16)10-8(14)4-3-5-9(10)15/h3-5,7,14-15H,6H2,1-2H3. The quantitative estimate of drug-likeness (QED) is 0.836. The predicted molar refractivity (Wildman–Crippen MR) is 65.1 cm³/mol. The first-order valence-electron chi connectivity index (χ1n) is 4.83. The molecule has 0 aliphatic rings. The average molecular weight is 288 g/mol. The van der Waals surface area contributed by atoms with E-state index >= 15 is 0 Å². The second-order valence-corrected chi connectivity index (χ2v) is 4.24. The molecule has 0 saturated carbocycles. The lowest BCUT2D eigenvalue weighted by Gasteiger charge is -2.23. The van der Waals surface area contributed by atoms with Crippen LogP contribution in [-0.4, -0.2) is 39.4 Å². The van der Waals surface area contributed by atoms with Crippen molar-refractivity contribution in [3.8, 4) is 11.5 Å². The molecule has 1 aromatic carbocycles. The van der Waals surface area contributed by atoms with Crippen LogP contribution in [0.4, 0.5) is 0 Å². The number of hydrogen-bond donors (Lipinski definition) is 2. The summed E-state index contributed by atoms with van der Waals surface area (Å²) in [6.07, 6.45) is 0. The van der Waals surface area contributed by atoms with Crippen LogP contribution in [0.3, 0.4) is 0 Å². The van der Waals surface area contributed by atoms with Gasteiger partial charge in [0.05, 0.1) is 0 Å². The van der Waals surface area contributed by atoms with Gasteiger partial charge in [-0.1, -0.05) is 22.0 Å². The Morgan fingerprint density at radius 2 is 1.94 bits per heavy atom. The Morgan fingerprint density at radius 3 is 2.38 bits per heavy atom. The molecule has 0 aliphatic carbocycles. The van der Waals surface area contributed by atoms with Gasteiger partial charge in [0.1, 0.15) is 17.1 Å². The average Bonchev–Trinajstić information content (AvgIpc) is 2.26. The van der Waals surface area contributed by atoms with Gasteiger partial charge in [0.15, 0.2) is 0 Å². The van der Waals surface area contributed by atoms with Crippen LogP contribution in [0.25, 0.3) is 0 Å². The number of phenols is 2. The molecule has 0 aliphatic heterocycles. The molecule has 0 bridgehead atoms. The number of nitrogens with zero attached hydrogens (tertiary/aromatic N) is 1. The summed E-state index contributed by atoms with van der Waals surface area (Å²) < 4.78 is 0. The van der Waals surface area contributed by atoms with Gasteiger partial charge in [-0.3, -0.25) is 4.79 Å². The molecule has 1 amide bonds. The summed E-state index contributed by atoms with van der Waals surface area (Å²) >= 11 is 3.27. The van der Waals surface area contributed by atoms with E-state index in [1.165, 1.54) is 23.1 Å². The van der Waals surface area contributed by atoms with Crippen molar-refractivity contribution >= 4 is 21.8 Å². The molecule has 5 heteroatoms. The van der Waals surface area contributed by atoms with Gasteiger partial charge in [-0.05, 0) is 19.1 Å². The van der Waals surface area contributed by atoms with Gasteiger partial charge in [0, 0.05) is 18.4 Å². The third-order valence-corrected chi connectivity index (χ3v) is 3.38. The van der Waals surface area contributed by atoms with Crippen LogP contribution in [0.15, 0.2) is 18.2 Å². The molecule has 0 aromatic heterocycles. The monoisotopic (exact) mass is 287 g/mol. The summed E-state index contributed by atoms with van der Waals surface area (Å²) in [6, 6.07) is 4.21. The SMILES string of the molecule is CC(CBr)N(C)C(=O)c1c(O)cccc1O. The number of benzene rings is 1. The lowest BCUT2D eigenvalue weighted by molar-refractivity contribution is 0.0752. The molecular formula is C11H14BrNO3. The molecule has 88 valence electrons. The van der Waals surface area contributed by atoms with E-state index in [2.05, 4.69) is 15.9 Å². The maximum atomic E-state index is 12.0. The van der Waals surface area contributed by atoms with Gasteiger partial charge in [-0.25, -0.2) is 0 Å². The van der Waals surface area contributed by atoms with Crippen molar-refractivity contribution in [1.82, 2.24) is 4.90 Å². The fourth-order valence-corrected chi connectivity index (χ4v) is 1.66. The molecule has 4 nitrogen and oxygen atoms in total. The van der Waals surface area contributed by atoms with Crippen molar-refractivity contribution < 1.29 is 15.0 Å². The zero-order valence-electron chi connectivity index (χ0n) is 9.14. The van der Waals surface area contributed by atoms with Crippen molar-refractivity contribution in [3.63, 3.8) is 0 Å². The minimum atomic E-state index is -0.400. The molecule has 0 spiro atoms. The predicted octanol–water partition coefficient (Wildman–Crippen LogP) is 1.95. The highest BCUT2D eigenvalue weighted by Gasteiger charge is 2.22. The third-order valence-electron chi connectivity index (χ3n) is 2.44. The molecular weight excluding hydrogens is 274 g/mol. The molecule has 0 radical (unpaired) electrons. The van der Waals surface area contributed by atoms with E-state index in [0.717, 1.165) is 0 Å². The van der Waals surface area contributed by atoms with E-state index in [0.29, 0.717) is 5.33 Å². The number of rotatable bonds is 3. The number of amides is 1. The number of halogens is 1. The van der Waals surface area contributed by atoms with Crippen molar-refractivity contribution in [3.05, 3.63) is 23.8 Å². The van der Waals surface area contributed by atoms with E-state index in [-0.39, 0.29) is 23.1 Å². The fraction of sp³-hybridized carbons (Fsp3) is 0.364. The van der Waals surface area contributed by atoms with Crippen LogP contribution >= 0.6 is 15.9 Å². The maximum Gasteiger partial charge on any atom is 0.261 e. The first-order valence-corrected chi connectivity index (χ1v) is 5.95. The normalized spacial score (nSPS) is 12.2. The van der Waals surface area contributed by atoms with Gasteiger partial charge >= 0.3 is 0 Å². The van der Waals surface area contributed by atoms with Crippen LogP contribution in [0, 0.1) is 0 Å². The van der Waals surface area contributed by atoms with E-state index in [9.17, 15) is 15.0 Å². The second-order valence-electron chi connectivity index (χ2n) is 3.59. The van der Waals surface area contributed by atoms with Gasteiger partial charge in [-0.15, -0.1) is 0 Å². The van der Waals surface area contributed by atoms with Crippen molar-refractivity contribution in [2.24, 2.45) is 0 Å². The number of carbonyl (C=O) groups is 1. The Bertz CT molecular complexity index is 375. The van der Waals surface area contributed by atoms with Gasteiger partial charge < -0.3 is 15.1 Å². The summed E-state index contributed by atoms with van der Waals surface area (Å²) in [7, 11) is 1.63. The molecule has 1 atom stereocenters. The van der Waals surface area contributed by atoms with Crippen LogP contribution in [0.5, 0.6) is 11.5 Å². The lowest BCUT2D eigenvalue weighted by Crippen LogP contribution is -2.36. The third kappa shape index (κ3) is 2.47. The molecule has 1 rings (SSSR count). The Balaban J connectivity index is 3.05. The second kappa shape index (κ2) is 5.21. The molecule has 0 heterocycles. The maximum absolute atomic E-state index is 12.0. The minimum absolute atomic E-state index is 0.0218. The van der Waals surface area contributed by atoms with Crippen LogP contribution in [0.2, 0.25) is 0 Å². The summed E-state index contributed by atoms with van der Waals surface area (Å²) in [6.45, 7) is 1.86. The molecule has 0 fully saturated rings. The lowest BCUT2D eigenvalue weighted by atomic mass is 10.1. The summed E-state index contributed by atoms with van der Waals surface area (Å²) in [5.41, 5.74) is -0.0576. The van der Waals surface area contributed by atoms with Crippen molar-refractivity contribution in [2.75, 3.05) is 12.4 Å². The molecule has 2 N–H and O–H groups in total. The smallest absolute Gasteiger partial charge is 0.261 e. The zero-order valence-corrected chi connectivity index (χ0v) is 10.7. The highest BCUT2D eigenvalue weighted by Crippen LogP contribution is 2.27. The first kappa shape index (κ1) is 12.8. The van der Waals surface area contributed by atoms with Crippen LogP contribution < -0.4 is 0 Å². The number of hydrogen-bond acceptors (Lipinski definition) is 3. The Kier molecular flexibility index (Phi) is 4.18. The van der Waals surface area contributed by atoms with Crippen molar-refractivity contribution in [1.29, 1.82) is 0 Å². The van der Waals surface area contributed by atoms with Crippen LogP contribution in [0.1, 0.15) is 17.3 Å². The molecule has 1 unspecified atom stereocenters.